The first-order valence-electron chi connectivity index (χ1n) is 9.64. The first-order valence-corrected chi connectivity index (χ1v) is 10.0. The summed E-state index contributed by atoms with van der Waals surface area (Å²) in [5.74, 6) is -1.19. The molecule has 30 heavy (non-hydrogen) atoms. The lowest BCUT2D eigenvalue weighted by molar-refractivity contribution is -0.139. The number of likely N-dealkylation sites (N-methyl/N-ethyl adjacent to an activating group) is 1. The second kappa shape index (κ2) is 9.01. The number of carbonyl (C=O) groups is 3. The molecule has 1 aromatic carbocycles. The zero-order chi connectivity index (χ0) is 22.0. The van der Waals surface area contributed by atoms with Crippen LogP contribution in [0.5, 0.6) is 0 Å². The molecule has 162 valence electrons. The van der Waals surface area contributed by atoms with E-state index in [4.69, 9.17) is 16.3 Å². The summed E-state index contributed by atoms with van der Waals surface area (Å²) in [6, 6.07) is 2.71. The van der Waals surface area contributed by atoms with Crippen molar-refractivity contribution in [2.45, 2.75) is 38.4 Å². The van der Waals surface area contributed by atoms with E-state index >= 15 is 0 Å². The molecule has 2 heterocycles. The molecule has 3 unspecified atom stereocenters. The third-order valence-corrected chi connectivity index (χ3v) is 5.58. The van der Waals surface area contributed by atoms with Crippen molar-refractivity contribution >= 4 is 29.5 Å². The van der Waals surface area contributed by atoms with Crippen LogP contribution in [0.25, 0.3) is 0 Å². The number of hydrogen-bond acceptors (Lipinski definition) is 5. The first kappa shape index (κ1) is 22.0. The molecule has 3 rings (SSSR count). The summed E-state index contributed by atoms with van der Waals surface area (Å²) >= 11 is 5.78. The van der Waals surface area contributed by atoms with Gasteiger partial charge >= 0.3 is 12.0 Å². The summed E-state index contributed by atoms with van der Waals surface area (Å²) in [6.07, 6.45) is 0.190. The molecule has 3 N–H and O–H groups in total. The van der Waals surface area contributed by atoms with Gasteiger partial charge in [-0.05, 0) is 31.5 Å². The number of nitrogens with zero attached hydrogens (tertiary/aromatic N) is 1. The van der Waals surface area contributed by atoms with Crippen LogP contribution in [0.1, 0.15) is 31.9 Å². The molecule has 1 fully saturated rings. The molecule has 1 aromatic rings. The Morgan fingerprint density at radius 3 is 2.80 bits per heavy atom. The maximum absolute atomic E-state index is 14.0. The predicted molar refractivity (Wildman–Crippen MR) is 108 cm³/mol. The SMILES string of the molecule is CCOC(=O)C1=C(CNC2CC(=O)N(C)C2c2ccc(Cl)c(F)c2)NC(=O)NC1C. The third-order valence-electron chi connectivity index (χ3n) is 5.28. The molecule has 8 nitrogen and oxygen atoms in total. The van der Waals surface area contributed by atoms with Crippen molar-refractivity contribution in [3.8, 4) is 0 Å². The highest BCUT2D eigenvalue weighted by atomic mass is 35.5. The van der Waals surface area contributed by atoms with Crippen molar-refractivity contribution in [1.82, 2.24) is 20.9 Å². The fourth-order valence-corrected chi connectivity index (χ4v) is 3.97. The number of likely N-dealkylation sites (tertiary alicyclic amines) is 1. The Morgan fingerprint density at radius 2 is 2.13 bits per heavy atom. The number of hydrogen-bond donors (Lipinski definition) is 3. The van der Waals surface area contributed by atoms with Gasteiger partial charge in [-0.2, -0.15) is 0 Å². The molecule has 1 saturated heterocycles. The second-order valence-electron chi connectivity index (χ2n) is 7.25. The number of amides is 3. The van der Waals surface area contributed by atoms with Crippen LogP contribution < -0.4 is 16.0 Å². The van der Waals surface area contributed by atoms with Crippen LogP contribution in [0.2, 0.25) is 5.02 Å². The fourth-order valence-electron chi connectivity index (χ4n) is 3.86. The number of benzene rings is 1. The van der Waals surface area contributed by atoms with Crippen molar-refractivity contribution in [2.75, 3.05) is 20.2 Å². The Kier molecular flexibility index (Phi) is 6.62. The van der Waals surface area contributed by atoms with E-state index < -0.39 is 29.9 Å². The standard InChI is InChI=1S/C20H24ClFN4O4/c1-4-30-19(28)17-10(2)24-20(29)25-15(17)9-23-14-8-16(27)26(3)18(14)11-5-6-12(21)13(22)7-11/h5-7,10,14,18,23H,4,8-9H2,1-3H3,(H2,24,25,29). The van der Waals surface area contributed by atoms with E-state index in [0.717, 1.165) is 0 Å². The van der Waals surface area contributed by atoms with Gasteiger partial charge in [0.2, 0.25) is 5.91 Å². The smallest absolute Gasteiger partial charge is 0.337 e. The van der Waals surface area contributed by atoms with Gasteiger partial charge in [0.1, 0.15) is 5.82 Å². The fraction of sp³-hybridized carbons (Fsp3) is 0.450. The minimum Gasteiger partial charge on any atom is -0.463 e. The minimum absolute atomic E-state index is 0.00544. The molecule has 2 aliphatic rings. The topological polar surface area (TPSA) is 99.8 Å². The number of nitrogens with one attached hydrogen (secondary N) is 3. The number of ether oxygens (including phenoxy) is 1. The highest BCUT2D eigenvalue weighted by molar-refractivity contribution is 6.30. The van der Waals surface area contributed by atoms with E-state index in [2.05, 4.69) is 16.0 Å². The van der Waals surface area contributed by atoms with E-state index in [-0.39, 0.29) is 36.5 Å². The molecular weight excluding hydrogens is 415 g/mol. The van der Waals surface area contributed by atoms with Crippen LogP contribution in [0.15, 0.2) is 29.5 Å². The van der Waals surface area contributed by atoms with E-state index in [1.165, 1.54) is 12.1 Å². The van der Waals surface area contributed by atoms with Gasteiger partial charge in [0.15, 0.2) is 0 Å². The molecule has 3 amide bonds. The monoisotopic (exact) mass is 438 g/mol. The van der Waals surface area contributed by atoms with Crippen LogP contribution in [0.3, 0.4) is 0 Å². The van der Waals surface area contributed by atoms with Crippen LogP contribution >= 0.6 is 11.6 Å². The molecule has 0 spiro atoms. The van der Waals surface area contributed by atoms with Gasteiger partial charge in [0, 0.05) is 31.8 Å². The Hall–Kier alpha value is -2.65. The normalized spacial score (nSPS) is 24.0. The van der Waals surface area contributed by atoms with Gasteiger partial charge < -0.3 is 25.6 Å². The molecule has 0 saturated carbocycles. The van der Waals surface area contributed by atoms with Crippen molar-refractivity contribution in [1.29, 1.82) is 0 Å². The van der Waals surface area contributed by atoms with Crippen molar-refractivity contribution in [3.63, 3.8) is 0 Å². The Bertz CT molecular complexity index is 907. The van der Waals surface area contributed by atoms with Crippen molar-refractivity contribution in [2.24, 2.45) is 0 Å². The molecule has 0 bridgehead atoms. The van der Waals surface area contributed by atoms with Crippen LogP contribution in [-0.2, 0) is 14.3 Å². The van der Waals surface area contributed by atoms with Crippen LogP contribution in [0.4, 0.5) is 9.18 Å². The van der Waals surface area contributed by atoms with E-state index in [0.29, 0.717) is 16.8 Å². The van der Waals surface area contributed by atoms with Gasteiger partial charge in [-0.3, -0.25) is 4.79 Å². The molecule has 3 atom stereocenters. The molecule has 0 aliphatic carbocycles. The summed E-state index contributed by atoms with van der Waals surface area (Å²) in [5.41, 5.74) is 1.30. The summed E-state index contributed by atoms with van der Waals surface area (Å²) in [4.78, 5) is 38.2. The lowest BCUT2D eigenvalue weighted by Gasteiger charge is -2.29. The average Bonchev–Trinajstić information content (AvgIpc) is 2.96. The number of carbonyl (C=O) groups excluding carboxylic acids is 3. The Balaban J connectivity index is 1.84. The number of esters is 1. The van der Waals surface area contributed by atoms with E-state index in [1.54, 1.807) is 31.9 Å². The number of halogens is 2. The predicted octanol–water partition coefficient (Wildman–Crippen LogP) is 1.86. The number of rotatable bonds is 6. The maximum atomic E-state index is 14.0. The summed E-state index contributed by atoms with van der Waals surface area (Å²) in [5, 5.41) is 8.52. The number of urea groups is 1. The Labute approximate surface area is 178 Å². The van der Waals surface area contributed by atoms with Gasteiger partial charge in [-0.15, -0.1) is 0 Å². The zero-order valence-corrected chi connectivity index (χ0v) is 17.7. The van der Waals surface area contributed by atoms with Gasteiger partial charge in [0.25, 0.3) is 0 Å². The quantitative estimate of drug-likeness (QED) is 0.589. The summed E-state index contributed by atoms with van der Waals surface area (Å²) < 4.78 is 19.1. The summed E-state index contributed by atoms with van der Waals surface area (Å²) in [7, 11) is 1.65. The van der Waals surface area contributed by atoms with E-state index in [9.17, 15) is 18.8 Å². The minimum atomic E-state index is -0.563. The average molecular weight is 439 g/mol. The lowest BCUT2D eigenvalue weighted by Crippen LogP contribution is -2.51. The highest BCUT2D eigenvalue weighted by Gasteiger charge is 2.39. The van der Waals surface area contributed by atoms with Gasteiger partial charge in [0.05, 0.1) is 29.3 Å². The molecule has 2 aliphatic heterocycles. The van der Waals surface area contributed by atoms with Crippen LogP contribution in [-0.4, -0.2) is 55.1 Å². The lowest BCUT2D eigenvalue weighted by atomic mass is 9.99. The van der Waals surface area contributed by atoms with Crippen molar-refractivity contribution in [3.05, 3.63) is 45.9 Å². The second-order valence-corrected chi connectivity index (χ2v) is 7.65. The zero-order valence-electron chi connectivity index (χ0n) is 16.9. The molecular formula is C20H24ClFN4O4. The molecule has 0 radical (unpaired) electrons. The van der Waals surface area contributed by atoms with E-state index in [1.807, 2.05) is 0 Å². The van der Waals surface area contributed by atoms with Gasteiger partial charge in [-0.1, -0.05) is 17.7 Å². The Morgan fingerprint density at radius 1 is 1.40 bits per heavy atom. The largest absolute Gasteiger partial charge is 0.463 e. The maximum Gasteiger partial charge on any atom is 0.337 e. The van der Waals surface area contributed by atoms with Crippen LogP contribution in [0, 0.1) is 5.82 Å². The highest BCUT2D eigenvalue weighted by Crippen LogP contribution is 2.33. The molecule has 0 aromatic heterocycles. The first-order chi connectivity index (χ1) is 14.2. The van der Waals surface area contributed by atoms with Gasteiger partial charge in [-0.25, -0.2) is 14.0 Å². The molecule has 10 heteroatoms. The van der Waals surface area contributed by atoms with Crippen molar-refractivity contribution < 1.29 is 23.5 Å². The summed E-state index contributed by atoms with van der Waals surface area (Å²) in [6.45, 7) is 3.73. The third kappa shape index (κ3) is 4.41.